The topological polar surface area (TPSA) is 101 Å². The molecule has 1 heterocycles. The van der Waals surface area contributed by atoms with Crippen LogP contribution in [-0.4, -0.2) is 36.6 Å². The maximum atomic E-state index is 12.7. The van der Waals surface area contributed by atoms with Crippen LogP contribution in [-0.2, 0) is 16.4 Å². The molecule has 1 aliphatic rings. The number of nitrogens with one attached hydrogen (secondary N) is 2. The Morgan fingerprint density at radius 3 is 2.64 bits per heavy atom. The second kappa shape index (κ2) is 8.52. The Morgan fingerprint density at radius 1 is 1.29 bits per heavy atom. The van der Waals surface area contributed by atoms with E-state index in [-0.39, 0.29) is 5.91 Å². The van der Waals surface area contributed by atoms with Gasteiger partial charge in [-0.25, -0.2) is 18.4 Å². The summed E-state index contributed by atoms with van der Waals surface area (Å²) < 4.78 is 22.5. The number of nitrogens with zero attached hydrogens (tertiary/aromatic N) is 2. The number of anilines is 1. The summed E-state index contributed by atoms with van der Waals surface area (Å²) in [7, 11) is -3.24. The minimum absolute atomic E-state index is 0.333. The molecule has 1 aromatic heterocycles. The van der Waals surface area contributed by atoms with Crippen molar-refractivity contribution in [3.63, 3.8) is 0 Å². The maximum absolute atomic E-state index is 12.7. The van der Waals surface area contributed by atoms with Gasteiger partial charge in [0.1, 0.15) is 17.2 Å². The lowest BCUT2D eigenvalue weighted by Crippen LogP contribution is -2.32. The van der Waals surface area contributed by atoms with Gasteiger partial charge in [0.25, 0.3) is 5.91 Å². The van der Waals surface area contributed by atoms with Gasteiger partial charge in [0.2, 0.25) is 0 Å². The normalized spacial score (nSPS) is 15.4. The van der Waals surface area contributed by atoms with Crippen molar-refractivity contribution in [2.75, 3.05) is 11.6 Å². The Balaban J connectivity index is 1.76. The lowest BCUT2D eigenvalue weighted by molar-refractivity contribution is 0.0947. The van der Waals surface area contributed by atoms with Crippen molar-refractivity contribution >= 4 is 21.6 Å². The molecule has 1 aliphatic carbocycles. The molecule has 2 N–H and O–H groups in total. The van der Waals surface area contributed by atoms with Crippen LogP contribution in [0.3, 0.4) is 0 Å². The van der Waals surface area contributed by atoms with Crippen LogP contribution in [0.15, 0.2) is 48.0 Å². The van der Waals surface area contributed by atoms with Crippen LogP contribution in [0.2, 0.25) is 0 Å². The molecule has 28 heavy (non-hydrogen) atoms. The highest BCUT2D eigenvalue weighted by Gasteiger charge is 2.28. The lowest BCUT2D eigenvalue weighted by Gasteiger charge is -2.14. The molecule has 1 saturated carbocycles. The van der Waals surface area contributed by atoms with Crippen LogP contribution in [0.4, 0.5) is 5.82 Å². The highest BCUT2D eigenvalue weighted by atomic mass is 32.2. The van der Waals surface area contributed by atoms with E-state index in [0.29, 0.717) is 23.8 Å². The number of hydrogen-bond donors (Lipinski definition) is 2. The molecule has 0 aliphatic heterocycles. The Hall–Kier alpha value is -2.74. The molecule has 1 amide bonds. The molecule has 7 nitrogen and oxygen atoms in total. The summed E-state index contributed by atoms with van der Waals surface area (Å²) in [5.41, 5.74) is 1.41. The number of carbonyl (C=O) groups is 1. The monoisotopic (exact) mass is 400 g/mol. The predicted molar refractivity (Wildman–Crippen MR) is 109 cm³/mol. The van der Waals surface area contributed by atoms with Crippen LogP contribution in [0.5, 0.6) is 0 Å². The molecule has 2 aromatic rings. The van der Waals surface area contributed by atoms with E-state index in [2.05, 4.69) is 20.6 Å². The van der Waals surface area contributed by atoms with Gasteiger partial charge in [-0.1, -0.05) is 36.4 Å². The van der Waals surface area contributed by atoms with Crippen molar-refractivity contribution in [1.82, 2.24) is 15.3 Å². The highest BCUT2D eigenvalue weighted by molar-refractivity contribution is 7.93. The number of aromatic nitrogens is 2. The third-order valence-corrected chi connectivity index (χ3v) is 4.92. The number of amides is 1. The second-order valence-corrected chi connectivity index (χ2v) is 8.96. The summed E-state index contributed by atoms with van der Waals surface area (Å²) in [6.45, 7) is 2.24. The fourth-order valence-electron chi connectivity index (χ4n) is 2.61. The first-order valence-corrected chi connectivity index (χ1v) is 11.1. The van der Waals surface area contributed by atoms with E-state index in [9.17, 15) is 13.2 Å². The summed E-state index contributed by atoms with van der Waals surface area (Å²) in [4.78, 5) is 21.6. The van der Waals surface area contributed by atoms with E-state index < -0.39 is 15.9 Å². The number of hydrogen-bond acceptors (Lipinski definition) is 6. The van der Waals surface area contributed by atoms with E-state index in [1.807, 2.05) is 30.3 Å². The van der Waals surface area contributed by atoms with E-state index >= 15 is 0 Å². The van der Waals surface area contributed by atoms with Crippen LogP contribution >= 0.6 is 0 Å². The van der Waals surface area contributed by atoms with Crippen molar-refractivity contribution in [3.8, 4) is 0 Å². The largest absolute Gasteiger partial charge is 0.365 e. The molecule has 148 valence electrons. The van der Waals surface area contributed by atoms with Crippen molar-refractivity contribution in [2.45, 2.75) is 38.3 Å². The SMILES string of the molecule is C[C@H](/C=C/S(C)(=O)=O)NC(=O)c1cnc(C2CC2)nc1NCc1ccccc1. The average molecular weight is 401 g/mol. The molecule has 0 unspecified atom stereocenters. The fourth-order valence-corrected chi connectivity index (χ4v) is 3.13. The molecule has 0 bridgehead atoms. The van der Waals surface area contributed by atoms with Crippen LogP contribution in [0, 0.1) is 0 Å². The van der Waals surface area contributed by atoms with Gasteiger partial charge >= 0.3 is 0 Å². The zero-order valence-electron chi connectivity index (χ0n) is 15.9. The summed E-state index contributed by atoms with van der Waals surface area (Å²) in [6, 6.07) is 9.39. The number of rotatable bonds is 8. The molecular formula is C20H24N4O3S. The average Bonchev–Trinajstić information content (AvgIpc) is 3.50. The van der Waals surface area contributed by atoms with Crippen LogP contribution in [0.1, 0.15) is 47.4 Å². The Morgan fingerprint density at radius 2 is 2.00 bits per heavy atom. The molecule has 0 radical (unpaired) electrons. The van der Waals surface area contributed by atoms with Gasteiger partial charge in [-0.2, -0.15) is 0 Å². The third kappa shape index (κ3) is 5.88. The third-order valence-electron chi connectivity index (χ3n) is 4.27. The molecular weight excluding hydrogens is 376 g/mol. The van der Waals surface area contributed by atoms with E-state index in [1.165, 1.54) is 12.3 Å². The predicted octanol–water partition coefficient (Wildman–Crippen LogP) is 2.64. The van der Waals surface area contributed by atoms with Gasteiger partial charge < -0.3 is 10.6 Å². The standard InChI is InChI=1S/C20H24N4O3S/c1-14(10-11-28(2,26)27)23-20(25)17-13-22-18(16-8-9-16)24-19(17)21-12-15-6-4-3-5-7-15/h3-7,10-11,13-14,16H,8-9,12H2,1-2H3,(H,23,25)(H,21,22,24)/b11-10+/t14-/m1/s1. The van der Waals surface area contributed by atoms with Gasteiger partial charge in [0, 0.05) is 36.4 Å². The Bertz CT molecular complexity index is 970. The molecule has 1 fully saturated rings. The van der Waals surface area contributed by atoms with Crippen molar-refractivity contribution in [3.05, 3.63) is 65.0 Å². The van der Waals surface area contributed by atoms with Gasteiger partial charge in [-0.05, 0) is 25.3 Å². The van der Waals surface area contributed by atoms with E-state index in [4.69, 9.17) is 0 Å². The molecule has 3 rings (SSSR count). The van der Waals surface area contributed by atoms with E-state index in [0.717, 1.165) is 35.9 Å². The first-order chi connectivity index (χ1) is 13.3. The smallest absolute Gasteiger partial charge is 0.257 e. The molecule has 1 atom stereocenters. The molecule has 8 heteroatoms. The zero-order chi connectivity index (χ0) is 20.1. The van der Waals surface area contributed by atoms with Gasteiger partial charge in [-0.3, -0.25) is 4.79 Å². The Labute approximate surface area is 165 Å². The highest BCUT2D eigenvalue weighted by Crippen LogP contribution is 2.38. The van der Waals surface area contributed by atoms with Crippen molar-refractivity contribution in [1.29, 1.82) is 0 Å². The summed E-state index contributed by atoms with van der Waals surface area (Å²) in [5, 5.41) is 7.08. The minimum atomic E-state index is -3.24. The quantitative estimate of drug-likeness (QED) is 0.706. The van der Waals surface area contributed by atoms with Crippen LogP contribution < -0.4 is 10.6 Å². The Kier molecular flexibility index (Phi) is 6.08. The first-order valence-electron chi connectivity index (χ1n) is 9.15. The number of carbonyl (C=O) groups excluding carboxylic acids is 1. The maximum Gasteiger partial charge on any atom is 0.257 e. The summed E-state index contributed by atoms with van der Waals surface area (Å²) >= 11 is 0. The van der Waals surface area contributed by atoms with Crippen molar-refractivity contribution < 1.29 is 13.2 Å². The summed E-state index contributed by atoms with van der Waals surface area (Å²) in [5.74, 6) is 1.24. The number of benzene rings is 1. The minimum Gasteiger partial charge on any atom is -0.365 e. The zero-order valence-corrected chi connectivity index (χ0v) is 16.7. The van der Waals surface area contributed by atoms with E-state index in [1.54, 1.807) is 6.92 Å². The van der Waals surface area contributed by atoms with Crippen LogP contribution in [0.25, 0.3) is 0 Å². The fraction of sp³-hybridized carbons (Fsp3) is 0.350. The van der Waals surface area contributed by atoms with Gasteiger partial charge in [0.05, 0.1) is 0 Å². The van der Waals surface area contributed by atoms with Gasteiger partial charge in [0.15, 0.2) is 9.84 Å². The molecule has 0 saturated heterocycles. The molecule has 1 aromatic carbocycles. The lowest BCUT2D eigenvalue weighted by atomic mass is 10.2. The first kappa shape index (κ1) is 20.0. The second-order valence-electron chi connectivity index (χ2n) is 7.02. The molecule has 0 spiro atoms. The number of sulfone groups is 1. The van der Waals surface area contributed by atoms with Crippen molar-refractivity contribution in [2.24, 2.45) is 0 Å². The van der Waals surface area contributed by atoms with Gasteiger partial charge in [-0.15, -0.1) is 0 Å². The summed E-state index contributed by atoms with van der Waals surface area (Å²) in [6.07, 6.45) is 6.21.